The Hall–Kier alpha value is -3.21. The number of ether oxygens (including phenoxy) is 1. The van der Waals surface area contributed by atoms with Crippen LogP contribution in [0.15, 0.2) is 77.9 Å². The normalized spacial score (nSPS) is 16.2. The van der Waals surface area contributed by atoms with E-state index in [0.717, 1.165) is 16.8 Å². The fraction of sp³-hybridized carbons (Fsp3) is 0.100. The summed E-state index contributed by atoms with van der Waals surface area (Å²) in [5.74, 6) is 0.791. The van der Waals surface area contributed by atoms with Gasteiger partial charge in [0.05, 0.1) is 17.4 Å². The summed E-state index contributed by atoms with van der Waals surface area (Å²) in [6.45, 7) is 0.516. The molecule has 1 N–H and O–H groups in total. The number of hydrogen-bond donors (Lipinski definition) is 1. The summed E-state index contributed by atoms with van der Waals surface area (Å²) in [5, 5.41) is 3.19. The Morgan fingerprint density at radius 1 is 0.960 bits per heavy atom. The van der Waals surface area contributed by atoms with E-state index < -0.39 is 0 Å². The van der Waals surface area contributed by atoms with Crippen molar-refractivity contribution in [3.8, 4) is 0 Å². The Kier molecular flexibility index (Phi) is 4.12. The highest BCUT2D eigenvalue weighted by molar-refractivity contribution is 6.01. The molecule has 2 aromatic carbocycles. The topological polar surface area (TPSA) is 46.5 Å². The molecule has 124 valence electrons. The molecular weight excluding hydrogens is 317 g/mol. The van der Waals surface area contributed by atoms with Gasteiger partial charge in [0.15, 0.2) is 0 Å². The molecule has 25 heavy (non-hydrogen) atoms. The molecule has 0 unspecified atom stereocenters. The number of nitrogens with one attached hydrogen (secondary N) is 1. The second kappa shape index (κ2) is 6.73. The smallest absolute Gasteiger partial charge is 0.219 e. The van der Waals surface area contributed by atoms with E-state index in [0.29, 0.717) is 18.3 Å². The Labute approximate surface area is 145 Å². The second-order valence-electron chi connectivity index (χ2n) is 5.70. The van der Waals surface area contributed by atoms with Gasteiger partial charge in [-0.15, -0.1) is 0 Å². The highest BCUT2D eigenvalue weighted by atomic mass is 19.1. The largest absolute Gasteiger partial charge is 0.475 e. The molecule has 4 nitrogen and oxygen atoms in total. The van der Waals surface area contributed by atoms with E-state index in [2.05, 4.69) is 10.3 Å². The lowest BCUT2D eigenvalue weighted by atomic mass is 10.1. The minimum atomic E-state index is -0.368. The molecule has 0 saturated carbocycles. The van der Waals surface area contributed by atoms with Gasteiger partial charge < -0.3 is 10.1 Å². The molecule has 2 heterocycles. The molecule has 4 rings (SSSR count). The van der Waals surface area contributed by atoms with Crippen LogP contribution in [-0.2, 0) is 4.74 Å². The summed E-state index contributed by atoms with van der Waals surface area (Å²) in [5.41, 5.74) is 2.80. The number of para-hydroxylation sites is 1. The van der Waals surface area contributed by atoms with Gasteiger partial charge in [-0.05, 0) is 29.8 Å². The SMILES string of the molecule is Fc1ccc(Nc2ccccc2C2=N[C@@H](c3ccccc3)CO2)nc1. The van der Waals surface area contributed by atoms with Gasteiger partial charge in [0.1, 0.15) is 24.3 Å². The predicted molar refractivity (Wildman–Crippen MR) is 95.6 cm³/mol. The summed E-state index contributed by atoms with van der Waals surface area (Å²) in [6.07, 6.45) is 1.18. The van der Waals surface area contributed by atoms with Crippen LogP contribution in [0.1, 0.15) is 17.2 Å². The highest BCUT2D eigenvalue weighted by Gasteiger charge is 2.23. The van der Waals surface area contributed by atoms with E-state index >= 15 is 0 Å². The molecular formula is C20H16FN3O. The summed E-state index contributed by atoms with van der Waals surface area (Å²) in [7, 11) is 0. The third kappa shape index (κ3) is 3.35. The molecule has 3 aromatic rings. The average Bonchev–Trinajstić information content (AvgIpc) is 3.15. The average molecular weight is 333 g/mol. The molecule has 1 atom stereocenters. The quantitative estimate of drug-likeness (QED) is 0.765. The van der Waals surface area contributed by atoms with Crippen LogP contribution in [0.3, 0.4) is 0 Å². The van der Waals surface area contributed by atoms with Crippen LogP contribution < -0.4 is 5.32 Å². The van der Waals surface area contributed by atoms with E-state index in [1.54, 1.807) is 6.07 Å². The zero-order valence-corrected chi connectivity index (χ0v) is 13.4. The van der Waals surface area contributed by atoms with Crippen molar-refractivity contribution >= 4 is 17.4 Å². The van der Waals surface area contributed by atoms with Gasteiger partial charge in [-0.3, -0.25) is 0 Å². The van der Waals surface area contributed by atoms with Crippen molar-refractivity contribution in [1.82, 2.24) is 4.98 Å². The monoisotopic (exact) mass is 333 g/mol. The molecule has 1 aliphatic rings. The van der Waals surface area contributed by atoms with Gasteiger partial charge in [-0.25, -0.2) is 14.4 Å². The molecule has 1 aliphatic heterocycles. The van der Waals surface area contributed by atoms with Gasteiger partial charge in [-0.2, -0.15) is 0 Å². The number of nitrogens with zero attached hydrogens (tertiary/aromatic N) is 2. The lowest BCUT2D eigenvalue weighted by Gasteiger charge is -2.11. The Bertz CT molecular complexity index is 894. The molecule has 0 fully saturated rings. The second-order valence-corrected chi connectivity index (χ2v) is 5.70. The molecule has 0 radical (unpaired) electrons. The first-order chi connectivity index (χ1) is 12.3. The third-order valence-corrected chi connectivity index (χ3v) is 3.98. The van der Waals surface area contributed by atoms with E-state index in [4.69, 9.17) is 9.73 Å². The van der Waals surface area contributed by atoms with Gasteiger partial charge in [-0.1, -0.05) is 42.5 Å². The number of aromatic nitrogens is 1. The number of pyridine rings is 1. The minimum absolute atomic E-state index is 0.00629. The first kappa shape index (κ1) is 15.3. The van der Waals surface area contributed by atoms with E-state index in [-0.39, 0.29) is 11.9 Å². The first-order valence-electron chi connectivity index (χ1n) is 8.03. The number of hydrogen-bond acceptors (Lipinski definition) is 4. The molecule has 1 aromatic heterocycles. The number of aliphatic imine (C=N–C) groups is 1. The molecule has 0 spiro atoms. The van der Waals surface area contributed by atoms with Crippen molar-refractivity contribution in [1.29, 1.82) is 0 Å². The number of rotatable bonds is 4. The lowest BCUT2D eigenvalue weighted by molar-refractivity contribution is 0.320. The summed E-state index contributed by atoms with van der Waals surface area (Å²) >= 11 is 0. The van der Waals surface area contributed by atoms with Crippen LogP contribution in [0, 0.1) is 5.82 Å². The zero-order valence-electron chi connectivity index (χ0n) is 13.4. The van der Waals surface area contributed by atoms with Gasteiger partial charge in [0.2, 0.25) is 5.90 Å². The van der Waals surface area contributed by atoms with E-state index in [9.17, 15) is 4.39 Å². The molecule has 5 heteroatoms. The van der Waals surface area contributed by atoms with Crippen LogP contribution in [0.25, 0.3) is 0 Å². The number of halogens is 1. The predicted octanol–water partition coefficient (Wildman–Crippen LogP) is 4.48. The van der Waals surface area contributed by atoms with Crippen LogP contribution >= 0.6 is 0 Å². The molecule has 0 amide bonds. The van der Waals surface area contributed by atoms with Gasteiger partial charge >= 0.3 is 0 Å². The van der Waals surface area contributed by atoms with Crippen molar-refractivity contribution < 1.29 is 9.13 Å². The van der Waals surface area contributed by atoms with Crippen molar-refractivity contribution in [2.45, 2.75) is 6.04 Å². The van der Waals surface area contributed by atoms with Crippen molar-refractivity contribution in [3.05, 3.63) is 89.9 Å². The summed E-state index contributed by atoms with van der Waals surface area (Å²) in [4.78, 5) is 8.76. The fourth-order valence-electron chi connectivity index (χ4n) is 2.73. The van der Waals surface area contributed by atoms with Gasteiger partial charge in [0.25, 0.3) is 0 Å². The maximum Gasteiger partial charge on any atom is 0.219 e. The summed E-state index contributed by atoms with van der Waals surface area (Å²) < 4.78 is 18.9. The molecule has 0 aliphatic carbocycles. The highest BCUT2D eigenvalue weighted by Crippen LogP contribution is 2.28. The van der Waals surface area contributed by atoms with Crippen LogP contribution in [-0.4, -0.2) is 17.5 Å². The summed E-state index contributed by atoms with van der Waals surface area (Å²) in [6, 6.07) is 20.7. The van der Waals surface area contributed by atoms with Crippen LogP contribution in [0.4, 0.5) is 15.9 Å². The maximum absolute atomic E-state index is 13.0. The van der Waals surface area contributed by atoms with Crippen molar-refractivity contribution in [3.63, 3.8) is 0 Å². The van der Waals surface area contributed by atoms with E-state index in [1.165, 1.54) is 12.3 Å². The zero-order chi connectivity index (χ0) is 17.1. The van der Waals surface area contributed by atoms with Gasteiger partial charge in [0, 0.05) is 0 Å². The minimum Gasteiger partial charge on any atom is -0.475 e. The number of benzene rings is 2. The van der Waals surface area contributed by atoms with Crippen LogP contribution in [0.5, 0.6) is 0 Å². The lowest BCUT2D eigenvalue weighted by Crippen LogP contribution is -2.06. The third-order valence-electron chi connectivity index (χ3n) is 3.98. The Balaban J connectivity index is 1.62. The van der Waals surface area contributed by atoms with Crippen molar-refractivity contribution in [2.75, 3.05) is 11.9 Å². The standard InChI is InChI=1S/C20H16FN3O/c21-15-10-11-19(22-12-15)23-17-9-5-4-8-16(17)20-24-18(13-25-20)14-6-2-1-3-7-14/h1-12,18H,13H2,(H,22,23)/t18-/m1/s1. The first-order valence-corrected chi connectivity index (χ1v) is 8.03. The Morgan fingerprint density at radius 3 is 2.56 bits per heavy atom. The molecule has 0 bridgehead atoms. The van der Waals surface area contributed by atoms with Crippen molar-refractivity contribution in [2.24, 2.45) is 4.99 Å². The molecule has 0 saturated heterocycles. The van der Waals surface area contributed by atoms with Crippen LogP contribution in [0.2, 0.25) is 0 Å². The number of anilines is 2. The maximum atomic E-state index is 13.0. The van der Waals surface area contributed by atoms with E-state index in [1.807, 2.05) is 54.6 Å². The Morgan fingerprint density at radius 2 is 1.76 bits per heavy atom. The fourth-order valence-corrected chi connectivity index (χ4v) is 2.73.